The molecule has 0 bridgehead atoms. The van der Waals surface area contributed by atoms with Crippen LogP contribution in [0.25, 0.3) is 0 Å². The van der Waals surface area contributed by atoms with Crippen LogP contribution in [-0.4, -0.2) is 18.2 Å². The monoisotopic (exact) mass is 269 g/mol. The summed E-state index contributed by atoms with van der Waals surface area (Å²) in [5.74, 6) is 0.918. The Balaban J connectivity index is 2.33. The first-order valence-corrected chi connectivity index (χ1v) is 6.17. The minimum atomic E-state index is 0.454. The van der Waals surface area contributed by atoms with Crippen LogP contribution in [0.5, 0.6) is 5.75 Å². The molecule has 1 unspecified atom stereocenters. The molecule has 0 radical (unpaired) electrons. The van der Waals surface area contributed by atoms with Gasteiger partial charge in [0.25, 0.3) is 0 Å². The Labute approximate surface area is 98.8 Å². The summed E-state index contributed by atoms with van der Waals surface area (Å²) in [7, 11) is 0. The van der Waals surface area contributed by atoms with Crippen molar-refractivity contribution in [2.75, 3.05) is 13.1 Å². The molecule has 2 N–H and O–H groups in total. The van der Waals surface area contributed by atoms with Crippen molar-refractivity contribution in [3.05, 3.63) is 27.7 Å². The van der Waals surface area contributed by atoms with Crippen LogP contribution in [0.1, 0.15) is 29.9 Å². The predicted molar refractivity (Wildman–Crippen MR) is 65.4 cm³/mol. The second kappa shape index (κ2) is 4.54. The zero-order valence-corrected chi connectivity index (χ0v) is 10.5. The van der Waals surface area contributed by atoms with Crippen molar-refractivity contribution in [3.63, 3.8) is 0 Å². The standard InChI is InChI=1S/C12H16BrNO/c1-8-5-10(13)6-11(12(8)15)9-3-2-4-14-7-9/h5-6,9,14-15H,2-4,7H2,1H3. The van der Waals surface area contributed by atoms with Gasteiger partial charge in [-0.3, -0.25) is 0 Å². The molecule has 1 fully saturated rings. The Morgan fingerprint density at radius 3 is 2.93 bits per heavy atom. The quantitative estimate of drug-likeness (QED) is 0.822. The molecule has 1 aromatic rings. The van der Waals surface area contributed by atoms with Gasteiger partial charge in [-0.15, -0.1) is 0 Å². The Morgan fingerprint density at radius 1 is 1.47 bits per heavy atom. The fourth-order valence-corrected chi connectivity index (χ4v) is 2.78. The molecule has 0 aromatic heterocycles. The molecule has 1 aliphatic heterocycles. The molecule has 1 atom stereocenters. The van der Waals surface area contributed by atoms with Crippen LogP contribution in [-0.2, 0) is 0 Å². The molecule has 82 valence electrons. The van der Waals surface area contributed by atoms with Gasteiger partial charge in [-0.2, -0.15) is 0 Å². The summed E-state index contributed by atoms with van der Waals surface area (Å²) in [6, 6.07) is 4.00. The lowest BCUT2D eigenvalue weighted by Crippen LogP contribution is -2.28. The largest absolute Gasteiger partial charge is 0.507 e. The van der Waals surface area contributed by atoms with Crippen molar-refractivity contribution in [2.24, 2.45) is 0 Å². The van der Waals surface area contributed by atoms with Crippen molar-refractivity contribution in [1.82, 2.24) is 5.32 Å². The van der Waals surface area contributed by atoms with E-state index in [0.29, 0.717) is 11.7 Å². The number of nitrogens with one attached hydrogen (secondary N) is 1. The number of rotatable bonds is 1. The van der Waals surface area contributed by atoms with Gasteiger partial charge in [-0.1, -0.05) is 15.9 Å². The summed E-state index contributed by atoms with van der Waals surface area (Å²) in [5.41, 5.74) is 2.03. The number of benzene rings is 1. The van der Waals surface area contributed by atoms with Crippen LogP contribution in [0.15, 0.2) is 16.6 Å². The summed E-state index contributed by atoms with van der Waals surface area (Å²) in [5, 5.41) is 13.4. The van der Waals surface area contributed by atoms with E-state index in [1.54, 1.807) is 0 Å². The molecule has 0 amide bonds. The number of phenolic OH excluding ortho intramolecular Hbond substituents is 1. The lowest BCUT2D eigenvalue weighted by atomic mass is 9.90. The van der Waals surface area contributed by atoms with Gasteiger partial charge in [0, 0.05) is 16.9 Å². The van der Waals surface area contributed by atoms with Gasteiger partial charge >= 0.3 is 0 Å². The highest BCUT2D eigenvalue weighted by Crippen LogP contribution is 2.35. The fourth-order valence-electron chi connectivity index (χ4n) is 2.19. The lowest BCUT2D eigenvalue weighted by Gasteiger charge is -2.24. The van der Waals surface area contributed by atoms with E-state index >= 15 is 0 Å². The van der Waals surface area contributed by atoms with Crippen molar-refractivity contribution in [1.29, 1.82) is 0 Å². The molecule has 0 aliphatic carbocycles. The Bertz CT molecular complexity index is 359. The average Bonchev–Trinajstić information content (AvgIpc) is 2.24. The number of hydrogen-bond donors (Lipinski definition) is 2. The number of aromatic hydroxyl groups is 1. The maximum atomic E-state index is 10.0. The number of phenols is 1. The van der Waals surface area contributed by atoms with Crippen molar-refractivity contribution in [2.45, 2.75) is 25.7 Å². The van der Waals surface area contributed by atoms with Gasteiger partial charge in [-0.25, -0.2) is 0 Å². The normalized spacial score (nSPS) is 21.6. The topological polar surface area (TPSA) is 32.3 Å². The van der Waals surface area contributed by atoms with Crippen LogP contribution in [0.4, 0.5) is 0 Å². The highest BCUT2D eigenvalue weighted by molar-refractivity contribution is 9.10. The summed E-state index contributed by atoms with van der Waals surface area (Å²) < 4.78 is 1.05. The summed E-state index contributed by atoms with van der Waals surface area (Å²) >= 11 is 3.48. The van der Waals surface area contributed by atoms with Crippen molar-refractivity contribution >= 4 is 15.9 Å². The zero-order valence-electron chi connectivity index (χ0n) is 8.89. The first-order valence-electron chi connectivity index (χ1n) is 5.38. The van der Waals surface area contributed by atoms with E-state index in [1.807, 2.05) is 19.1 Å². The third kappa shape index (κ3) is 2.34. The summed E-state index contributed by atoms with van der Waals surface area (Å²) in [4.78, 5) is 0. The van der Waals surface area contributed by atoms with E-state index in [2.05, 4.69) is 21.2 Å². The Kier molecular flexibility index (Phi) is 3.32. The number of halogens is 1. The van der Waals surface area contributed by atoms with Crippen molar-refractivity contribution in [3.8, 4) is 5.75 Å². The van der Waals surface area contributed by atoms with Gasteiger partial charge in [0.15, 0.2) is 0 Å². The number of aryl methyl sites for hydroxylation is 1. The first-order chi connectivity index (χ1) is 7.18. The fraction of sp³-hybridized carbons (Fsp3) is 0.500. The Hall–Kier alpha value is -0.540. The molecular formula is C12H16BrNO. The molecule has 3 heteroatoms. The lowest BCUT2D eigenvalue weighted by molar-refractivity contribution is 0.423. The van der Waals surface area contributed by atoms with Crippen LogP contribution >= 0.6 is 15.9 Å². The van der Waals surface area contributed by atoms with Gasteiger partial charge in [-0.05, 0) is 49.6 Å². The SMILES string of the molecule is Cc1cc(Br)cc(C2CCCNC2)c1O. The van der Waals surface area contributed by atoms with Gasteiger partial charge in [0.2, 0.25) is 0 Å². The molecule has 1 heterocycles. The predicted octanol–water partition coefficient (Wildman–Crippen LogP) is 2.93. The molecular weight excluding hydrogens is 254 g/mol. The highest BCUT2D eigenvalue weighted by atomic mass is 79.9. The summed E-state index contributed by atoms with van der Waals surface area (Å²) in [6.07, 6.45) is 2.35. The molecule has 2 rings (SSSR count). The maximum Gasteiger partial charge on any atom is 0.122 e. The van der Waals surface area contributed by atoms with Crippen LogP contribution < -0.4 is 5.32 Å². The van der Waals surface area contributed by atoms with Gasteiger partial charge in [0.05, 0.1) is 0 Å². The number of piperidine rings is 1. The van der Waals surface area contributed by atoms with E-state index in [9.17, 15) is 5.11 Å². The molecule has 1 aliphatic rings. The van der Waals surface area contributed by atoms with Crippen molar-refractivity contribution < 1.29 is 5.11 Å². The second-order valence-electron chi connectivity index (χ2n) is 4.20. The van der Waals surface area contributed by atoms with Crippen LogP contribution in [0, 0.1) is 6.92 Å². The van der Waals surface area contributed by atoms with E-state index in [4.69, 9.17) is 0 Å². The second-order valence-corrected chi connectivity index (χ2v) is 5.12. The smallest absolute Gasteiger partial charge is 0.122 e. The number of hydrogen-bond acceptors (Lipinski definition) is 2. The van der Waals surface area contributed by atoms with Gasteiger partial charge < -0.3 is 10.4 Å². The van der Waals surface area contributed by atoms with E-state index in [-0.39, 0.29) is 0 Å². The van der Waals surface area contributed by atoms with Crippen LogP contribution in [0.2, 0.25) is 0 Å². The van der Waals surface area contributed by atoms with Crippen LogP contribution in [0.3, 0.4) is 0 Å². The Morgan fingerprint density at radius 2 is 2.27 bits per heavy atom. The third-order valence-electron chi connectivity index (χ3n) is 3.03. The van der Waals surface area contributed by atoms with E-state index < -0.39 is 0 Å². The van der Waals surface area contributed by atoms with E-state index in [0.717, 1.165) is 35.1 Å². The maximum absolute atomic E-state index is 10.0. The summed E-state index contributed by atoms with van der Waals surface area (Å²) in [6.45, 7) is 4.02. The molecule has 15 heavy (non-hydrogen) atoms. The molecule has 1 aromatic carbocycles. The third-order valence-corrected chi connectivity index (χ3v) is 3.49. The zero-order chi connectivity index (χ0) is 10.8. The average molecular weight is 270 g/mol. The molecule has 0 spiro atoms. The highest BCUT2D eigenvalue weighted by Gasteiger charge is 2.19. The van der Waals surface area contributed by atoms with E-state index in [1.165, 1.54) is 6.42 Å². The minimum Gasteiger partial charge on any atom is -0.507 e. The molecule has 0 saturated carbocycles. The van der Waals surface area contributed by atoms with Gasteiger partial charge in [0.1, 0.15) is 5.75 Å². The minimum absolute atomic E-state index is 0.454. The first kappa shape index (κ1) is 11.0. The molecule has 1 saturated heterocycles. The molecule has 2 nitrogen and oxygen atoms in total.